The number of amides is 3. The molecular formula is C16H15N3O3. The molecule has 1 aromatic heterocycles. The van der Waals surface area contributed by atoms with Crippen LogP contribution in [-0.4, -0.2) is 27.6 Å². The van der Waals surface area contributed by atoms with Gasteiger partial charge in [-0.15, -0.1) is 0 Å². The van der Waals surface area contributed by atoms with E-state index in [0.29, 0.717) is 5.56 Å². The summed E-state index contributed by atoms with van der Waals surface area (Å²) in [5, 5.41) is 15.0. The predicted octanol–water partition coefficient (Wildman–Crippen LogP) is 1.38. The Kier molecular flexibility index (Phi) is 3.38. The molecule has 2 aromatic rings. The lowest BCUT2D eigenvalue weighted by Crippen LogP contribution is -2.49. The fraction of sp³-hybridized carbons (Fsp3) is 0.188. The number of nitrogens with zero attached hydrogens (tertiary/aromatic N) is 1. The van der Waals surface area contributed by atoms with Crippen molar-refractivity contribution in [3.05, 3.63) is 54.4 Å². The van der Waals surface area contributed by atoms with Crippen LogP contribution in [0.1, 0.15) is 18.6 Å². The van der Waals surface area contributed by atoms with E-state index in [1.807, 2.05) is 24.3 Å². The van der Waals surface area contributed by atoms with Crippen LogP contribution < -0.4 is 10.6 Å². The number of aliphatic hydroxyl groups excluding tert-OH is 1. The zero-order valence-electron chi connectivity index (χ0n) is 11.9. The van der Waals surface area contributed by atoms with Crippen molar-refractivity contribution < 1.29 is 14.7 Å². The van der Waals surface area contributed by atoms with E-state index in [1.165, 1.54) is 6.92 Å². The SMILES string of the molecule is CC1(C(O)c2ccc(-c3ccncc3)cc2)NC(=O)NC1=O. The lowest BCUT2D eigenvalue weighted by molar-refractivity contribution is -0.127. The smallest absolute Gasteiger partial charge is 0.322 e. The van der Waals surface area contributed by atoms with Gasteiger partial charge in [0.2, 0.25) is 0 Å². The number of imide groups is 1. The summed E-state index contributed by atoms with van der Waals surface area (Å²) in [4.78, 5) is 27.1. The van der Waals surface area contributed by atoms with Crippen LogP contribution in [0.2, 0.25) is 0 Å². The molecule has 112 valence electrons. The van der Waals surface area contributed by atoms with E-state index in [9.17, 15) is 14.7 Å². The van der Waals surface area contributed by atoms with E-state index >= 15 is 0 Å². The number of hydrogen-bond acceptors (Lipinski definition) is 4. The molecule has 0 bridgehead atoms. The molecule has 1 aromatic carbocycles. The third kappa shape index (κ3) is 2.33. The molecule has 2 atom stereocenters. The van der Waals surface area contributed by atoms with Crippen LogP contribution in [-0.2, 0) is 4.79 Å². The Labute approximate surface area is 127 Å². The van der Waals surface area contributed by atoms with Crippen molar-refractivity contribution in [2.45, 2.75) is 18.6 Å². The van der Waals surface area contributed by atoms with Crippen molar-refractivity contribution in [2.24, 2.45) is 0 Å². The summed E-state index contributed by atoms with van der Waals surface area (Å²) in [6.45, 7) is 1.49. The maximum Gasteiger partial charge on any atom is 0.322 e. The van der Waals surface area contributed by atoms with Gasteiger partial charge in [0.05, 0.1) is 0 Å². The normalized spacial score (nSPS) is 22.1. The molecule has 1 aliphatic rings. The summed E-state index contributed by atoms with van der Waals surface area (Å²) in [6.07, 6.45) is 2.28. The number of benzene rings is 1. The second-order valence-electron chi connectivity index (χ2n) is 5.37. The van der Waals surface area contributed by atoms with Gasteiger partial charge in [0.25, 0.3) is 5.91 Å². The topological polar surface area (TPSA) is 91.3 Å². The van der Waals surface area contributed by atoms with Crippen molar-refractivity contribution in [1.82, 2.24) is 15.6 Å². The van der Waals surface area contributed by atoms with Gasteiger partial charge >= 0.3 is 6.03 Å². The summed E-state index contributed by atoms with van der Waals surface area (Å²) in [7, 11) is 0. The molecule has 6 nitrogen and oxygen atoms in total. The van der Waals surface area contributed by atoms with Gasteiger partial charge < -0.3 is 10.4 Å². The van der Waals surface area contributed by atoms with Gasteiger partial charge in [-0.3, -0.25) is 15.1 Å². The van der Waals surface area contributed by atoms with Crippen LogP contribution >= 0.6 is 0 Å². The summed E-state index contributed by atoms with van der Waals surface area (Å²) < 4.78 is 0. The average molecular weight is 297 g/mol. The highest BCUT2D eigenvalue weighted by Crippen LogP contribution is 2.30. The number of urea groups is 1. The van der Waals surface area contributed by atoms with Gasteiger partial charge in [-0.2, -0.15) is 0 Å². The maximum absolute atomic E-state index is 11.8. The third-order valence-electron chi connectivity index (χ3n) is 3.86. The first-order chi connectivity index (χ1) is 10.5. The number of hydrogen-bond donors (Lipinski definition) is 3. The van der Waals surface area contributed by atoms with Crippen LogP contribution in [0.3, 0.4) is 0 Å². The summed E-state index contributed by atoms with van der Waals surface area (Å²) in [5.74, 6) is -0.539. The minimum absolute atomic E-state index is 0.539. The molecule has 3 N–H and O–H groups in total. The van der Waals surface area contributed by atoms with Crippen LogP contribution in [0, 0.1) is 0 Å². The number of rotatable bonds is 3. The molecule has 0 spiro atoms. The number of carbonyl (C=O) groups is 2. The molecule has 1 saturated heterocycles. The first kappa shape index (κ1) is 14.2. The van der Waals surface area contributed by atoms with Crippen LogP contribution in [0.25, 0.3) is 11.1 Å². The fourth-order valence-electron chi connectivity index (χ4n) is 2.48. The molecule has 3 rings (SSSR count). The number of pyridine rings is 1. The molecule has 0 aliphatic carbocycles. The van der Waals surface area contributed by atoms with Crippen molar-refractivity contribution in [2.75, 3.05) is 0 Å². The molecule has 0 radical (unpaired) electrons. The van der Waals surface area contributed by atoms with Gasteiger partial charge in [0.15, 0.2) is 0 Å². The van der Waals surface area contributed by atoms with E-state index in [1.54, 1.807) is 24.5 Å². The standard InChI is InChI=1S/C16H15N3O3/c1-16(14(21)18-15(22)19-16)13(20)12-4-2-10(3-5-12)11-6-8-17-9-7-11/h2-9,13,20H,1H3,(H2,18,19,21,22). The Hall–Kier alpha value is -2.73. The van der Waals surface area contributed by atoms with Crippen molar-refractivity contribution in [3.8, 4) is 11.1 Å². The highest BCUT2D eigenvalue weighted by Gasteiger charge is 2.48. The summed E-state index contributed by atoms with van der Waals surface area (Å²) >= 11 is 0. The van der Waals surface area contributed by atoms with Crippen molar-refractivity contribution in [3.63, 3.8) is 0 Å². The molecule has 2 heterocycles. The first-order valence-corrected chi connectivity index (χ1v) is 6.83. The van der Waals surface area contributed by atoms with Gasteiger partial charge in [-0.1, -0.05) is 24.3 Å². The van der Waals surface area contributed by atoms with Gasteiger partial charge in [0.1, 0.15) is 11.6 Å². The number of nitrogens with one attached hydrogen (secondary N) is 2. The summed E-state index contributed by atoms with van der Waals surface area (Å²) in [5.41, 5.74) is 1.17. The molecule has 1 fully saturated rings. The molecule has 0 saturated carbocycles. The first-order valence-electron chi connectivity index (χ1n) is 6.83. The molecule has 1 aliphatic heterocycles. The van der Waals surface area contributed by atoms with Gasteiger partial charge in [0, 0.05) is 12.4 Å². The second-order valence-corrected chi connectivity index (χ2v) is 5.37. The largest absolute Gasteiger partial charge is 0.385 e. The number of aromatic nitrogens is 1. The molecule has 3 amide bonds. The predicted molar refractivity (Wildman–Crippen MR) is 79.7 cm³/mol. The quantitative estimate of drug-likeness (QED) is 0.746. The van der Waals surface area contributed by atoms with Gasteiger partial charge in [-0.05, 0) is 35.7 Å². The fourth-order valence-corrected chi connectivity index (χ4v) is 2.48. The number of carbonyl (C=O) groups excluding carboxylic acids is 2. The van der Waals surface area contributed by atoms with Crippen molar-refractivity contribution >= 4 is 11.9 Å². The van der Waals surface area contributed by atoms with Crippen LogP contribution in [0.4, 0.5) is 4.79 Å². The van der Waals surface area contributed by atoms with E-state index in [-0.39, 0.29) is 0 Å². The Morgan fingerprint density at radius 2 is 1.64 bits per heavy atom. The second kappa shape index (κ2) is 5.23. The third-order valence-corrected chi connectivity index (χ3v) is 3.86. The highest BCUT2D eigenvalue weighted by atomic mass is 16.3. The Morgan fingerprint density at radius 1 is 1.05 bits per heavy atom. The molecule has 6 heteroatoms. The molecule has 22 heavy (non-hydrogen) atoms. The van der Waals surface area contributed by atoms with E-state index < -0.39 is 23.6 Å². The average Bonchev–Trinajstić information content (AvgIpc) is 2.81. The summed E-state index contributed by atoms with van der Waals surface area (Å²) in [6, 6.07) is 10.4. The van der Waals surface area contributed by atoms with Crippen LogP contribution in [0.5, 0.6) is 0 Å². The van der Waals surface area contributed by atoms with E-state index in [4.69, 9.17) is 0 Å². The maximum atomic E-state index is 11.8. The minimum atomic E-state index is -1.37. The zero-order chi connectivity index (χ0) is 15.7. The molecule has 2 unspecified atom stereocenters. The van der Waals surface area contributed by atoms with Gasteiger partial charge in [-0.25, -0.2) is 4.79 Å². The van der Waals surface area contributed by atoms with E-state index in [2.05, 4.69) is 15.6 Å². The Balaban J connectivity index is 1.87. The lowest BCUT2D eigenvalue weighted by Gasteiger charge is -2.27. The monoisotopic (exact) mass is 297 g/mol. The van der Waals surface area contributed by atoms with Crippen molar-refractivity contribution in [1.29, 1.82) is 0 Å². The number of aliphatic hydroxyl groups is 1. The Bertz CT molecular complexity index is 715. The van der Waals surface area contributed by atoms with E-state index in [0.717, 1.165) is 11.1 Å². The highest BCUT2D eigenvalue weighted by molar-refractivity contribution is 6.07. The minimum Gasteiger partial charge on any atom is -0.385 e. The molecular weight excluding hydrogens is 282 g/mol. The lowest BCUT2D eigenvalue weighted by atomic mass is 9.89. The zero-order valence-corrected chi connectivity index (χ0v) is 11.9. The van der Waals surface area contributed by atoms with Crippen LogP contribution in [0.15, 0.2) is 48.8 Å². The Morgan fingerprint density at radius 3 is 2.18 bits per heavy atom.